The maximum absolute atomic E-state index is 13.0. The zero-order chi connectivity index (χ0) is 17.2. The number of carbonyl (C=O) groups is 1. The zero-order valence-electron chi connectivity index (χ0n) is 15.1. The second kappa shape index (κ2) is 7.46. The molecule has 0 bridgehead atoms. The molecular formula is C21H28N2OS. The van der Waals surface area contributed by atoms with Crippen molar-refractivity contribution in [1.82, 2.24) is 9.80 Å². The standard InChI is InChI=1S/C21H28N2OS/c1-22(18-6-2-3-7-19(18)23-11-4-5-12-23)21(24)15-16-8-9-17-10-13-25-20(17)14-16/h8-10,13-14,18-19H,2-7,11-12,15H2,1H3/t18-,19-/m1/s1. The molecule has 2 heterocycles. The Balaban J connectivity index is 1.46. The first-order chi connectivity index (χ1) is 12.2. The van der Waals surface area contributed by atoms with Crippen LogP contribution in [0.4, 0.5) is 0 Å². The van der Waals surface area contributed by atoms with Crippen molar-refractivity contribution in [2.75, 3.05) is 20.1 Å². The van der Waals surface area contributed by atoms with Gasteiger partial charge in [-0.1, -0.05) is 25.0 Å². The SMILES string of the molecule is CN(C(=O)Cc1ccc2ccsc2c1)[C@@H]1CCCC[C@H]1N1CCCC1. The summed E-state index contributed by atoms with van der Waals surface area (Å²) in [5.74, 6) is 0.270. The van der Waals surface area contributed by atoms with E-state index in [1.807, 2.05) is 7.05 Å². The van der Waals surface area contributed by atoms with Crippen LogP contribution in [-0.2, 0) is 11.2 Å². The maximum atomic E-state index is 13.0. The third-order valence-electron chi connectivity index (χ3n) is 6.07. The van der Waals surface area contributed by atoms with Gasteiger partial charge in [0.1, 0.15) is 0 Å². The summed E-state index contributed by atoms with van der Waals surface area (Å²) in [7, 11) is 2.03. The smallest absolute Gasteiger partial charge is 0.227 e. The van der Waals surface area contributed by atoms with Gasteiger partial charge in [-0.2, -0.15) is 0 Å². The highest BCUT2D eigenvalue weighted by Crippen LogP contribution is 2.29. The van der Waals surface area contributed by atoms with E-state index < -0.39 is 0 Å². The van der Waals surface area contributed by atoms with Gasteiger partial charge < -0.3 is 4.90 Å². The zero-order valence-corrected chi connectivity index (χ0v) is 15.9. The van der Waals surface area contributed by atoms with Crippen molar-refractivity contribution in [2.24, 2.45) is 0 Å². The number of likely N-dealkylation sites (tertiary alicyclic amines) is 1. The molecule has 1 aliphatic carbocycles. The average Bonchev–Trinajstić information content (AvgIpc) is 3.32. The van der Waals surface area contributed by atoms with E-state index in [2.05, 4.69) is 39.4 Å². The van der Waals surface area contributed by atoms with E-state index in [4.69, 9.17) is 0 Å². The van der Waals surface area contributed by atoms with Crippen molar-refractivity contribution in [2.45, 2.75) is 57.0 Å². The first kappa shape index (κ1) is 17.0. The van der Waals surface area contributed by atoms with Crippen LogP contribution in [-0.4, -0.2) is 47.9 Å². The molecule has 0 N–H and O–H groups in total. The lowest BCUT2D eigenvalue weighted by Crippen LogP contribution is -2.53. The van der Waals surface area contributed by atoms with Crippen LogP contribution in [0.5, 0.6) is 0 Å². The van der Waals surface area contributed by atoms with Gasteiger partial charge in [-0.25, -0.2) is 0 Å². The fourth-order valence-corrected chi connectivity index (χ4v) is 5.49. The number of carbonyl (C=O) groups excluding carboxylic acids is 1. The summed E-state index contributed by atoms with van der Waals surface area (Å²) in [5.41, 5.74) is 1.14. The van der Waals surface area contributed by atoms with Gasteiger partial charge in [-0.3, -0.25) is 9.69 Å². The van der Waals surface area contributed by atoms with E-state index in [0.29, 0.717) is 18.5 Å². The van der Waals surface area contributed by atoms with Crippen LogP contribution < -0.4 is 0 Å². The molecule has 4 rings (SSSR count). The summed E-state index contributed by atoms with van der Waals surface area (Å²) in [4.78, 5) is 17.7. The number of hydrogen-bond acceptors (Lipinski definition) is 3. The third-order valence-corrected chi connectivity index (χ3v) is 6.95. The Morgan fingerprint density at radius 1 is 1.16 bits per heavy atom. The number of rotatable bonds is 4. The molecule has 1 aromatic heterocycles. The molecule has 25 heavy (non-hydrogen) atoms. The molecule has 2 atom stereocenters. The molecule has 3 nitrogen and oxygen atoms in total. The number of thiophene rings is 1. The molecule has 1 saturated heterocycles. The van der Waals surface area contributed by atoms with Crippen LogP contribution >= 0.6 is 11.3 Å². The first-order valence-corrected chi connectivity index (χ1v) is 10.6. The lowest BCUT2D eigenvalue weighted by atomic mass is 9.88. The Morgan fingerprint density at radius 3 is 2.80 bits per heavy atom. The van der Waals surface area contributed by atoms with E-state index in [1.54, 1.807) is 11.3 Å². The summed E-state index contributed by atoms with van der Waals surface area (Å²) in [6.45, 7) is 2.44. The summed E-state index contributed by atoms with van der Waals surface area (Å²) in [6, 6.07) is 9.54. The number of benzene rings is 1. The van der Waals surface area contributed by atoms with E-state index in [9.17, 15) is 4.79 Å². The predicted octanol–water partition coefficient (Wildman–Crippen LogP) is 4.31. The van der Waals surface area contributed by atoms with Crippen molar-refractivity contribution >= 4 is 27.3 Å². The minimum atomic E-state index is 0.270. The molecule has 2 aliphatic rings. The number of nitrogens with zero attached hydrogens (tertiary/aromatic N) is 2. The van der Waals surface area contributed by atoms with Crippen LogP contribution in [0.25, 0.3) is 10.1 Å². The van der Waals surface area contributed by atoms with Gasteiger partial charge in [0.15, 0.2) is 0 Å². The highest BCUT2D eigenvalue weighted by atomic mass is 32.1. The molecule has 4 heteroatoms. The molecule has 0 spiro atoms. The molecular weight excluding hydrogens is 328 g/mol. The number of fused-ring (bicyclic) bond motifs is 1. The van der Waals surface area contributed by atoms with Gasteiger partial charge in [0.05, 0.1) is 6.42 Å². The van der Waals surface area contributed by atoms with E-state index in [0.717, 1.165) is 12.0 Å². The van der Waals surface area contributed by atoms with Crippen molar-refractivity contribution in [3.63, 3.8) is 0 Å². The molecule has 2 fully saturated rings. The lowest BCUT2D eigenvalue weighted by molar-refractivity contribution is -0.133. The van der Waals surface area contributed by atoms with Crippen LogP contribution in [0, 0.1) is 0 Å². The van der Waals surface area contributed by atoms with Gasteiger partial charge in [0.2, 0.25) is 5.91 Å². The van der Waals surface area contributed by atoms with Crippen LogP contribution in [0.3, 0.4) is 0 Å². The van der Waals surface area contributed by atoms with Gasteiger partial charge in [0.25, 0.3) is 0 Å². The van der Waals surface area contributed by atoms with E-state index >= 15 is 0 Å². The summed E-state index contributed by atoms with van der Waals surface area (Å²) >= 11 is 1.75. The fourth-order valence-electron chi connectivity index (χ4n) is 4.64. The van der Waals surface area contributed by atoms with Crippen molar-refractivity contribution in [1.29, 1.82) is 0 Å². The molecule has 134 valence electrons. The highest BCUT2D eigenvalue weighted by Gasteiger charge is 2.35. The monoisotopic (exact) mass is 356 g/mol. The minimum Gasteiger partial charge on any atom is -0.341 e. The molecule has 1 aliphatic heterocycles. The summed E-state index contributed by atoms with van der Waals surface area (Å²) in [5, 5.41) is 3.39. The number of likely N-dealkylation sites (N-methyl/N-ethyl adjacent to an activating group) is 1. The van der Waals surface area contributed by atoms with Crippen molar-refractivity contribution in [3.05, 3.63) is 35.2 Å². The van der Waals surface area contributed by atoms with Crippen molar-refractivity contribution in [3.8, 4) is 0 Å². The molecule has 1 aromatic carbocycles. The van der Waals surface area contributed by atoms with E-state index in [1.165, 1.54) is 55.3 Å². The van der Waals surface area contributed by atoms with Crippen LogP contribution in [0.1, 0.15) is 44.1 Å². The van der Waals surface area contributed by atoms with Crippen LogP contribution in [0.2, 0.25) is 0 Å². The van der Waals surface area contributed by atoms with E-state index in [-0.39, 0.29) is 5.91 Å². The molecule has 1 saturated carbocycles. The van der Waals surface area contributed by atoms with Crippen molar-refractivity contribution < 1.29 is 4.79 Å². The Morgan fingerprint density at radius 2 is 1.96 bits per heavy atom. The Labute approximate surface area is 154 Å². The summed E-state index contributed by atoms with van der Waals surface area (Å²) < 4.78 is 1.28. The first-order valence-electron chi connectivity index (χ1n) is 9.68. The molecule has 2 aromatic rings. The highest BCUT2D eigenvalue weighted by molar-refractivity contribution is 7.17. The largest absolute Gasteiger partial charge is 0.341 e. The van der Waals surface area contributed by atoms with Crippen LogP contribution in [0.15, 0.2) is 29.6 Å². The second-order valence-corrected chi connectivity index (χ2v) is 8.58. The number of amides is 1. The summed E-state index contributed by atoms with van der Waals surface area (Å²) in [6.07, 6.45) is 8.15. The lowest BCUT2D eigenvalue weighted by Gasteiger charge is -2.42. The Bertz CT molecular complexity index is 734. The topological polar surface area (TPSA) is 23.6 Å². The molecule has 0 unspecified atom stereocenters. The Kier molecular flexibility index (Phi) is 5.09. The predicted molar refractivity (Wildman–Crippen MR) is 105 cm³/mol. The molecule has 1 amide bonds. The van der Waals surface area contributed by atoms with Gasteiger partial charge in [-0.15, -0.1) is 11.3 Å². The average molecular weight is 357 g/mol. The number of hydrogen-bond donors (Lipinski definition) is 0. The fraction of sp³-hybridized carbons (Fsp3) is 0.571. The minimum absolute atomic E-state index is 0.270. The second-order valence-electron chi connectivity index (χ2n) is 7.64. The Hall–Kier alpha value is -1.39. The van der Waals surface area contributed by atoms with Gasteiger partial charge >= 0.3 is 0 Å². The quantitative estimate of drug-likeness (QED) is 0.815. The normalized spacial score (nSPS) is 24.7. The van der Waals surface area contributed by atoms with Gasteiger partial charge in [-0.05, 0) is 67.2 Å². The maximum Gasteiger partial charge on any atom is 0.227 e. The van der Waals surface area contributed by atoms with Gasteiger partial charge in [0, 0.05) is 23.8 Å². The molecule has 0 radical (unpaired) electrons. The third kappa shape index (κ3) is 3.61.